The average Bonchev–Trinajstić information content (AvgIpc) is 2.55. The molecule has 0 fully saturated rings. The van der Waals surface area contributed by atoms with Crippen molar-refractivity contribution in [2.45, 2.75) is 40.2 Å². The first-order valence-electron chi connectivity index (χ1n) is 6.36. The minimum atomic E-state index is -0.0689. The van der Waals surface area contributed by atoms with Crippen molar-refractivity contribution in [3.8, 4) is 0 Å². The summed E-state index contributed by atoms with van der Waals surface area (Å²) in [7, 11) is 1.92. The van der Waals surface area contributed by atoms with Crippen molar-refractivity contribution < 1.29 is 4.79 Å². The van der Waals surface area contributed by atoms with Crippen LogP contribution in [0, 0.1) is 19.8 Å². The summed E-state index contributed by atoms with van der Waals surface area (Å²) in [6.45, 7) is 8.32. The van der Waals surface area contributed by atoms with Crippen LogP contribution in [0.5, 0.6) is 0 Å². The first-order chi connectivity index (χ1) is 8.36. The van der Waals surface area contributed by atoms with E-state index >= 15 is 0 Å². The molecule has 18 heavy (non-hydrogen) atoms. The lowest BCUT2D eigenvalue weighted by molar-refractivity contribution is -0.125. The van der Waals surface area contributed by atoms with E-state index in [1.807, 2.05) is 39.4 Å². The minimum absolute atomic E-state index is 0.0241. The summed E-state index contributed by atoms with van der Waals surface area (Å²) < 4.78 is 1.86. The monoisotopic (exact) mass is 252 g/mol. The summed E-state index contributed by atoms with van der Waals surface area (Å²) in [4.78, 5) is 12.0. The highest BCUT2D eigenvalue weighted by atomic mass is 16.1. The fourth-order valence-corrected chi connectivity index (χ4v) is 1.96. The summed E-state index contributed by atoms with van der Waals surface area (Å²) in [6.07, 6.45) is 0.717. The molecule has 0 aliphatic heterocycles. The zero-order valence-electron chi connectivity index (χ0n) is 11.9. The minimum Gasteiger partial charge on any atom is -0.352 e. The molecule has 3 N–H and O–H groups in total. The molecule has 102 valence electrons. The Labute approximate surface area is 109 Å². The molecule has 0 aliphatic rings. The summed E-state index contributed by atoms with van der Waals surface area (Å²) in [6, 6.07) is 0.0241. The van der Waals surface area contributed by atoms with E-state index < -0.39 is 0 Å². The third kappa shape index (κ3) is 3.32. The van der Waals surface area contributed by atoms with E-state index in [-0.39, 0.29) is 17.9 Å². The van der Waals surface area contributed by atoms with Gasteiger partial charge in [0.2, 0.25) is 5.91 Å². The Morgan fingerprint density at radius 1 is 1.44 bits per heavy atom. The Morgan fingerprint density at radius 2 is 2.06 bits per heavy atom. The second-order valence-electron chi connectivity index (χ2n) is 5.02. The van der Waals surface area contributed by atoms with Gasteiger partial charge < -0.3 is 11.1 Å². The smallest absolute Gasteiger partial charge is 0.223 e. The van der Waals surface area contributed by atoms with Crippen molar-refractivity contribution in [2.75, 3.05) is 6.54 Å². The first kappa shape index (κ1) is 14.7. The second kappa shape index (κ2) is 6.00. The van der Waals surface area contributed by atoms with Crippen LogP contribution in [0.25, 0.3) is 0 Å². The number of amides is 1. The molecule has 1 amide bonds. The summed E-state index contributed by atoms with van der Waals surface area (Å²) in [5.41, 5.74) is 8.79. The molecule has 2 atom stereocenters. The van der Waals surface area contributed by atoms with Crippen molar-refractivity contribution in [3.63, 3.8) is 0 Å². The van der Waals surface area contributed by atoms with Gasteiger partial charge in [-0.25, -0.2) is 0 Å². The number of carbonyl (C=O) groups excluding carboxylic acids is 1. The molecule has 0 aromatic carbocycles. The van der Waals surface area contributed by atoms with E-state index in [2.05, 4.69) is 10.4 Å². The lowest BCUT2D eigenvalue weighted by Gasteiger charge is -2.16. The lowest BCUT2D eigenvalue weighted by Crippen LogP contribution is -2.41. The van der Waals surface area contributed by atoms with Gasteiger partial charge in [-0.1, -0.05) is 6.92 Å². The van der Waals surface area contributed by atoms with Crippen LogP contribution in [0.2, 0.25) is 0 Å². The molecule has 0 saturated carbocycles. The topological polar surface area (TPSA) is 72.9 Å². The first-order valence-corrected chi connectivity index (χ1v) is 6.36. The normalized spacial score (nSPS) is 14.3. The quantitative estimate of drug-likeness (QED) is 0.809. The molecule has 5 nitrogen and oxygen atoms in total. The fraction of sp³-hybridized carbons (Fsp3) is 0.692. The summed E-state index contributed by atoms with van der Waals surface area (Å²) >= 11 is 0. The van der Waals surface area contributed by atoms with Crippen LogP contribution in [-0.2, 0) is 18.3 Å². The maximum Gasteiger partial charge on any atom is 0.223 e. The highest BCUT2D eigenvalue weighted by molar-refractivity contribution is 5.78. The van der Waals surface area contributed by atoms with Crippen LogP contribution in [0.1, 0.15) is 30.8 Å². The number of hydrogen-bond acceptors (Lipinski definition) is 3. The van der Waals surface area contributed by atoms with E-state index in [1.165, 1.54) is 5.56 Å². The molecule has 0 radical (unpaired) electrons. The number of nitrogens with one attached hydrogen (secondary N) is 1. The largest absolute Gasteiger partial charge is 0.352 e. The summed E-state index contributed by atoms with van der Waals surface area (Å²) in [5, 5.41) is 7.27. The Kier molecular flexibility index (Phi) is 4.90. The number of carbonyl (C=O) groups is 1. The molecule has 0 bridgehead atoms. The van der Waals surface area contributed by atoms with E-state index in [1.54, 1.807) is 0 Å². The van der Waals surface area contributed by atoms with Gasteiger partial charge in [-0.05, 0) is 32.8 Å². The number of rotatable bonds is 5. The van der Waals surface area contributed by atoms with Gasteiger partial charge in [0, 0.05) is 31.2 Å². The van der Waals surface area contributed by atoms with Crippen LogP contribution in [0.3, 0.4) is 0 Å². The molecule has 1 rings (SSSR count). The molecule has 1 aromatic heterocycles. The molecule has 0 saturated heterocycles. The van der Waals surface area contributed by atoms with Crippen molar-refractivity contribution in [1.29, 1.82) is 0 Å². The zero-order chi connectivity index (χ0) is 13.9. The molecular formula is C13H24N4O. The predicted molar refractivity (Wildman–Crippen MR) is 72.2 cm³/mol. The second-order valence-corrected chi connectivity index (χ2v) is 5.02. The van der Waals surface area contributed by atoms with Crippen LogP contribution in [0.4, 0.5) is 0 Å². The van der Waals surface area contributed by atoms with Crippen molar-refractivity contribution in [1.82, 2.24) is 15.1 Å². The van der Waals surface area contributed by atoms with Gasteiger partial charge in [0.15, 0.2) is 0 Å². The van der Waals surface area contributed by atoms with Gasteiger partial charge in [-0.2, -0.15) is 5.10 Å². The molecule has 1 aromatic rings. The number of aryl methyl sites for hydroxylation is 2. The zero-order valence-corrected chi connectivity index (χ0v) is 11.9. The van der Waals surface area contributed by atoms with Gasteiger partial charge >= 0.3 is 0 Å². The number of nitrogens with zero attached hydrogens (tertiary/aromatic N) is 2. The highest BCUT2D eigenvalue weighted by Gasteiger charge is 2.19. The Hall–Kier alpha value is -1.36. The van der Waals surface area contributed by atoms with E-state index in [0.717, 1.165) is 11.4 Å². The Balaban J connectivity index is 2.69. The number of nitrogens with two attached hydrogens (primary N) is 1. The number of aromatic nitrogens is 2. The van der Waals surface area contributed by atoms with Gasteiger partial charge in [0.25, 0.3) is 0 Å². The molecular weight excluding hydrogens is 228 g/mol. The highest BCUT2D eigenvalue weighted by Crippen LogP contribution is 2.17. The molecule has 1 heterocycles. The average molecular weight is 252 g/mol. The van der Waals surface area contributed by atoms with Crippen LogP contribution in [-0.4, -0.2) is 28.3 Å². The van der Waals surface area contributed by atoms with Gasteiger partial charge in [-0.15, -0.1) is 0 Å². The van der Waals surface area contributed by atoms with Gasteiger partial charge in [-0.3, -0.25) is 9.48 Å². The molecule has 0 aliphatic carbocycles. The van der Waals surface area contributed by atoms with E-state index in [9.17, 15) is 4.79 Å². The van der Waals surface area contributed by atoms with Crippen LogP contribution in [0.15, 0.2) is 0 Å². The SMILES string of the molecule is Cc1nn(C)c(C)c1CC(C)C(=O)N[C@@H](C)CN. The predicted octanol–water partition coefficient (Wildman–Crippen LogP) is 0.679. The van der Waals surface area contributed by atoms with Gasteiger partial charge in [0.05, 0.1) is 5.69 Å². The molecule has 1 unspecified atom stereocenters. The van der Waals surface area contributed by atoms with E-state index in [0.29, 0.717) is 13.0 Å². The third-order valence-electron chi connectivity index (χ3n) is 3.36. The summed E-state index contributed by atoms with van der Waals surface area (Å²) in [5.74, 6) is -0.0174. The van der Waals surface area contributed by atoms with Crippen molar-refractivity contribution in [2.24, 2.45) is 18.7 Å². The Bertz CT molecular complexity index is 425. The Morgan fingerprint density at radius 3 is 2.50 bits per heavy atom. The van der Waals surface area contributed by atoms with Crippen molar-refractivity contribution in [3.05, 3.63) is 17.0 Å². The van der Waals surface area contributed by atoms with Crippen LogP contribution < -0.4 is 11.1 Å². The van der Waals surface area contributed by atoms with Crippen molar-refractivity contribution >= 4 is 5.91 Å². The molecule has 0 spiro atoms. The standard InChI is InChI=1S/C13H24N4O/c1-8(13(18)15-9(2)7-14)6-12-10(3)16-17(5)11(12)4/h8-9H,6-7,14H2,1-5H3,(H,15,18)/t8?,9-/m0/s1. The third-order valence-corrected chi connectivity index (χ3v) is 3.36. The maximum absolute atomic E-state index is 12.0. The molecule has 5 heteroatoms. The number of hydrogen-bond donors (Lipinski definition) is 2. The van der Waals surface area contributed by atoms with Crippen LogP contribution >= 0.6 is 0 Å². The van der Waals surface area contributed by atoms with Gasteiger partial charge in [0.1, 0.15) is 0 Å². The fourth-order valence-electron chi connectivity index (χ4n) is 1.96. The van der Waals surface area contributed by atoms with E-state index in [4.69, 9.17) is 5.73 Å². The maximum atomic E-state index is 12.0. The lowest BCUT2D eigenvalue weighted by atomic mass is 9.98.